The predicted molar refractivity (Wildman–Crippen MR) is 131 cm³/mol. The number of morpholine rings is 1. The molecule has 1 aliphatic rings. The van der Waals surface area contributed by atoms with Gasteiger partial charge in [-0.2, -0.15) is 0 Å². The Morgan fingerprint density at radius 3 is 2.71 bits per heavy atom. The van der Waals surface area contributed by atoms with E-state index < -0.39 is 0 Å². The fraction of sp³-hybridized carbons (Fsp3) is 0.458. The Hall–Kier alpha value is -3.57. The van der Waals surface area contributed by atoms with Gasteiger partial charge in [-0.1, -0.05) is 6.92 Å². The summed E-state index contributed by atoms with van der Waals surface area (Å²) in [6.07, 6.45) is 4.17. The van der Waals surface area contributed by atoms with Gasteiger partial charge in [0.2, 0.25) is 11.8 Å². The average Bonchev–Trinajstić information content (AvgIpc) is 2.91. The summed E-state index contributed by atoms with van der Waals surface area (Å²) >= 11 is 0. The van der Waals surface area contributed by atoms with Crippen molar-refractivity contribution >= 4 is 22.8 Å². The van der Waals surface area contributed by atoms with Gasteiger partial charge in [0.25, 0.3) is 5.56 Å². The number of carbonyl (C=O) groups excluding carboxylic acids is 1. The third kappa shape index (κ3) is 5.92. The normalized spacial score (nSPS) is 13.7. The van der Waals surface area contributed by atoms with E-state index in [1.165, 1.54) is 0 Å². The van der Waals surface area contributed by atoms with Crippen molar-refractivity contribution in [2.24, 2.45) is 0 Å². The zero-order valence-corrected chi connectivity index (χ0v) is 20.0. The van der Waals surface area contributed by atoms with Crippen LogP contribution in [0.2, 0.25) is 0 Å². The molecule has 0 bridgehead atoms. The molecular weight excluding hydrogens is 452 g/mol. The molecule has 0 unspecified atom stereocenters. The van der Waals surface area contributed by atoms with Crippen LogP contribution in [0.4, 0.5) is 5.82 Å². The summed E-state index contributed by atoms with van der Waals surface area (Å²) in [4.78, 5) is 40.8. The summed E-state index contributed by atoms with van der Waals surface area (Å²) < 4.78 is 17.7. The largest absolute Gasteiger partial charge is 0.481 e. The number of ether oxygens (including phenoxy) is 3. The number of amides is 1. The van der Waals surface area contributed by atoms with Crippen molar-refractivity contribution in [1.82, 2.24) is 24.4 Å². The van der Waals surface area contributed by atoms with Crippen LogP contribution in [0, 0.1) is 0 Å². The Labute approximate surface area is 203 Å². The van der Waals surface area contributed by atoms with Gasteiger partial charge in [0.05, 0.1) is 50.9 Å². The Morgan fingerprint density at radius 1 is 1.17 bits per heavy atom. The van der Waals surface area contributed by atoms with Crippen molar-refractivity contribution in [3.8, 4) is 17.1 Å². The van der Waals surface area contributed by atoms with Crippen LogP contribution >= 0.6 is 0 Å². The summed E-state index contributed by atoms with van der Waals surface area (Å²) in [6.45, 7) is 5.45. The van der Waals surface area contributed by atoms with Crippen molar-refractivity contribution in [1.29, 1.82) is 0 Å². The smallest absolute Gasteiger partial charge is 0.293 e. The van der Waals surface area contributed by atoms with Gasteiger partial charge in [0, 0.05) is 44.1 Å². The lowest BCUT2D eigenvalue weighted by Gasteiger charge is -2.27. The van der Waals surface area contributed by atoms with Gasteiger partial charge >= 0.3 is 0 Å². The van der Waals surface area contributed by atoms with Gasteiger partial charge in [-0.25, -0.2) is 9.97 Å². The molecule has 4 heterocycles. The Balaban J connectivity index is 1.64. The molecule has 3 aromatic heterocycles. The van der Waals surface area contributed by atoms with Gasteiger partial charge < -0.3 is 29.0 Å². The summed E-state index contributed by atoms with van der Waals surface area (Å²) in [5, 5.41) is 2.93. The minimum Gasteiger partial charge on any atom is -0.481 e. The molecule has 3 aromatic rings. The van der Waals surface area contributed by atoms with E-state index in [9.17, 15) is 9.59 Å². The minimum absolute atomic E-state index is 0.0247. The van der Waals surface area contributed by atoms with Crippen molar-refractivity contribution in [3.05, 3.63) is 40.9 Å². The SMILES string of the molecule is CCCOCCn1c(=O)c(NCC(=O)N2CCOCC2)nc2cnc(-c3ccc(OC)nc3)cc21. The van der Waals surface area contributed by atoms with E-state index in [2.05, 4.69) is 20.3 Å². The Morgan fingerprint density at radius 2 is 2.00 bits per heavy atom. The maximum absolute atomic E-state index is 13.4. The minimum atomic E-state index is -0.322. The first-order valence-corrected chi connectivity index (χ1v) is 11.7. The molecule has 0 aliphatic carbocycles. The van der Waals surface area contributed by atoms with Gasteiger partial charge in [-0.15, -0.1) is 0 Å². The molecule has 1 N–H and O–H groups in total. The Bertz CT molecular complexity index is 1210. The molecule has 186 valence electrons. The van der Waals surface area contributed by atoms with Crippen LogP contribution in [-0.2, 0) is 20.8 Å². The van der Waals surface area contributed by atoms with E-state index >= 15 is 0 Å². The second kappa shape index (κ2) is 11.7. The summed E-state index contributed by atoms with van der Waals surface area (Å²) in [5.41, 5.74) is 2.28. The van der Waals surface area contributed by atoms with Gasteiger partial charge in [-0.05, 0) is 18.6 Å². The zero-order chi connectivity index (χ0) is 24.6. The van der Waals surface area contributed by atoms with Gasteiger partial charge in [-0.3, -0.25) is 14.6 Å². The topological polar surface area (TPSA) is 121 Å². The number of carbonyl (C=O) groups is 1. The maximum atomic E-state index is 13.4. The lowest BCUT2D eigenvalue weighted by Crippen LogP contribution is -2.43. The molecule has 1 saturated heterocycles. The zero-order valence-electron chi connectivity index (χ0n) is 20.0. The highest BCUT2D eigenvalue weighted by Crippen LogP contribution is 2.22. The third-order valence-corrected chi connectivity index (χ3v) is 5.65. The fourth-order valence-corrected chi connectivity index (χ4v) is 3.78. The molecule has 0 aromatic carbocycles. The number of nitrogens with zero attached hydrogens (tertiary/aromatic N) is 5. The number of anilines is 1. The first-order chi connectivity index (χ1) is 17.1. The van der Waals surface area contributed by atoms with Crippen LogP contribution < -0.4 is 15.6 Å². The highest BCUT2D eigenvalue weighted by molar-refractivity contribution is 5.82. The highest BCUT2D eigenvalue weighted by atomic mass is 16.5. The lowest BCUT2D eigenvalue weighted by atomic mass is 10.2. The number of methoxy groups -OCH3 is 1. The maximum Gasteiger partial charge on any atom is 0.293 e. The van der Waals surface area contributed by atoms with E-state index in [1.807, 2.05) is 19.1 Å². The number of nitrogens with one attached hydrogen (secondary N) is 1. The van der Waals surface area contributed by atoms with Crippen molar-refractivity contribution in [2.75, 3.05) is 58.5 Å². The highest BCUT2D eigenvalue weighted by Gasteiger charge is 2.18. The summed E-state index contributed by atoms with van der Waals surface area (Å²) in [7, 11) is 1.56. The second-order valence-electron chi connectivity index (χ2n) is 8.02. The number of hydrogen-bond donors (Lipinski definition) is 1. The van der Waals surface area contributed by atoms with Crippen LogP contribution in [0.1, 0.15) is 13.3 Å². The van der Waals surface area contributed by atoms with Crippen LogP contribution in [0.15, 0.2) is 35.4 Å². The lowest BCUT2D eigenvalue weighted by molar-refractivity contribution is -0.133. The summed E-state index contributed by atoms with van der Waals surface area (Å²) in [6, 6.07) is 5.42. The number of aromatic nitrogens is 4. The predicted octanol–water partition coefficient (Wildman–Crippen LogP) is 1.56. The third-order valence-electron chi connectivity index (χ3n) is 5.65. The van der Waals surface area contributed by atoms with Crippen molar-refractivity contribution in [3.63, 3.8) is 0 Å². The van der Waals surface area contributed by atoms with Crippen LogP contribution in [0.25, 0.3) is 22.3 Å². The van der Waals surface area contributed by atoms with E-state index in [-0.39, 0.29) is 23.8 Å². The average molecular weight is 483 g/mol. The molecule has 1 aliphatic heterocycles. The molecule has 0 saturated carbocycles. The molecule has 0 radical (unpaired) electrons. The number of hydrogen-bond acceptors (Lipinski definition) is 9. The van der Waals surface area contributed by atoms with Crippen LogP contribution in [-0.4, -0.2) is 83.5 Å². The van der Waals surface area contributed by atoms with Gasteiger partial charge in [0.1, 0.15) is 5.52 Å². The second-order valence-corrected chi connectivity index (χ2v) is 8.02. The Kier molecular flexibility index (Phi) is 8.22. The molecule has 11 heteroatoms. The standard InChI is InChI=1S/C24H30N6O5/c1-3-9-34-12-8-30-20-13-18(17-4-5-21(33-2)26-14-17)25-15-19(20)28-23(24(30)32)27-16-22(31)29-6-10-35-11-7-29/h4-5,13-15H,3,6-12,16H2,1-2H3,(H,27,28). The van der Waals surface area contributed by atoms with Crippen molar-refractivity contribution < 1.29 is 19.0 Å². The van der Waals surface area contributed by atoms with Gasteiger partial charge in [0.15, 0.2) is 5.82 Å². The molecule has 4 rings (SSSR count). The molecule has 0 spiro atoms. The first-order valence-electron chi connectivity index (χ1n) is 11.7. The van der Waals surface area contributed by atoms with E-state index in [0.717, 1.165) is 12.0 Å². The van der Waals surface area contributed by atoms with E-state index in [1.54, 1.807) is 35.0 Å². The first kappa shape index (κ1) is 24.6. The van der Waals surface area contributed by atoms with Crippen molar-refractivity contribution in [2.45, 2.75) is 19.9 Å². The van der Waals surface area contributed by atoms with Crippen LogP contribution in [0.5, 0.6) is 5.88 Å². The molecule has 1 amide bonds. The monoisotopic (exact) mass is 482 g/mol. The number of rotatable bonds is 10. The number of pyridine rings is 2. The molecule has 35 heavy (non-hydrogen) atoms. The van der Waals surface area contributed by atoms with E-state index in [0.29, 0.717) is 68.7 Å². The number of fused-ring (bicyclic) bond motifs is 1. The summed E-state index contributed by atoms with van der Waals surface area (Å²) in [5.74, 6) is 0.506. The van der Waals surface area contributed by atoms with E-state index in [4.69, 9.17) is 14.2 Å². The molecule has 1 fully saturated rings. The quantitative estimate of drug-likeness (QED) is 0.429. The molecular formula is C24H30N6O5. The fourth-order valence-electron chi connectivity index (χ4n) is 3.78. The van der Waals surface area contributed by atoms with Crippen LogP contribution in [0.3, 0.4) is 0 Å². The molecule has 0 atom stereocenters. The molecule has 11 nitrogen and oxygen atoms in total.